The third-order valence-corrected chi connectivity index (χ3v) is 3.17. The van der Waals surface area contributed by atoms with E-state index in [1.807, 2.05) is 5.43 Å². The first kappa shape index (κ1) is 15.2. The Balaban J connectivity index is 1.93. The highest BCUT2D eigenvalue weighted by atomic mass is 19.1. The number of nitrogens with one attached hydrogen (secondary N) is 2. The molecule has 0 atom stereocenters. The predicted octanol–water partition coefficient (Wildman–Crippen LogP) is -0.0290. The summed E-state index contributed by atoms with van der Waals surface area (Å²) in [5.74, 6) is 3.84. The van der Waals surface area contributed by atoms with Crippen molar-refractivity contribution in [3.63, 3.8) is 0 Å². The molecule has 0 radical (unpaired) electrons. The molecule has 1 aliphatic rings. The largest absolute Gasteiger partial charge is 0.378 e. The lowest BCUT2D eigenvalue weighted by molar-refractivity contribution is 0.0531. The average molecular weight is 296 g/mol. The summed E-state index contributed by atoms with van der Waals surface area (Å²) < 4.78 is 19.0. The number of carbonyl (C=O) groups is 2. The van der Waals surface area contributed by atoms with E-state index in [0.29, 0.717) is 31.9 Å². The summed E-state index contributed by atoms with van der Waals surface area (Å²) in [5.41, 5.74) is 2.35. The third kappa shape index (κ3) is 3.89. The van der Waals surface area contributed by atoms with Crippen LogP contribution in [0.1, 0.15) is 15.9 Å². The number of rotatable bonds is 3. The summed E-state index contributed by atoms with van der Waals surface area (Å²) in [6.07, 6.45) is 0. The number of amides is 3. The molecule has 0 bridgehead atoms. The minimum atomic E-state index is -0.571. The van der Waals surface area contributed by atoms with Gasteiger partial charge in [-0.25, -0.2) is 15.0 Å². The van der Waals surface area contributed by atoms with E-state index in [1.165, 1.54) is 12.1 Å². The second kappa shape index (κ2) is 7.00. The van der Waals surface area contributed by atoms with Crippen molar-refractivity contribution in [3.05, 3.63) is 35.1 Å². The molecule has 0 spiro atoms. The summed E-state index contributed by atoms with van der Waals surface area (Å²) in [6, 6.07) is 3.71. The van der Waals surface area contributed by atoms with Gasteiger partial charge in [-0.2, -0.15) is 0 Å². The molecule has 2 rings (SSSR count). The van der Waals surface area contributed by atoms with E-state index >= 15 is 0 Å². The Bertz CT molecular complexity index is 532. The molecule has 21 heavy (non-hydrogen) atoms. The van der Waals surface area contributed by atoms with Crippen molar-refractivity contribution in [3.8, 4) is 0 Å². The van der Waals surface area contributed by atoms with E-state index in [1.54, 1.807) is 4.90 Å². The molecule has 114 valence electrons. The first-order chi connectivity index (χ1) is 10.1. The van der Waals surface area contributed by atoms with E-state index in [4.69, 9.17) is 10.6 Å². The van der Waals surface area contributed by atoms with Gasteiger partial charge in [-0.15, -0.1) is 0 Å². The zero-order valence-electron chi connectivity index (χ0n) is 11.4. The minimum absolute atomic E-state index is 0.0482. The summed E-state index contributed by atoms with van der Waals surface area (Å²) in [4.78, 5) is 24.7. The summed E-state index contributed by atoms with van der Waals surface area (Å²) in [5, 5.41) is 2.64. The highest BCUT2D eigenvalue weighted by Gasteiger charge is 2.17. The zero-order valence-corrected chi connectivity index (χ0v) is 11.4. The van der Waals surface area contributed by atoms with Gasteiger partial charge in [0.1, 0.15) is 5.82 Å². The second-order valence-electron chi connectivity index (χ2n) is 4.54. The van der Waals surface area contributed by atoms with E-state index in [2.05, 4.69) is 5.32 Å². The fourth-order valence-electron chi connectivity index (χ4n) is 1.96. The van der Waals surface area contributed by atoms with Crippen LogP contribution in [0.25, 0.3) is 0 Å². The number of hydrogen-bond donors (Lipinski definition) is 3. The highest BCUT2D eigenvalue weighted by molar-refractivity contribution is 5.93. The number of hydrogen-bond acceptors (Lipinski definition) is 4. The molecular formula is C13H17FN4O3. The van der Waals surface area contributed by atoms with Gasteiger partial charge in [0, 0.05) is 30.8 Å². The molecule has 1 aromatic carbocycles. The number of nitrogen functional groups attached to an aromatic ring is 1. The first-order valence-corrected chi connectivity index (χ1v) is 6.51. The summed E-state index contributed by atoms with van der Waals surface area (Å²) in [7, 11) is 0. The number of nitrogens with zero attached hydrogens (tertiary/aromatic N) is 1. The lowest BCUT2D eigenvalue weighted by Gasteiger charge is -2.27. The van der Waals surface area contributed by atoms with Crippen LogP contribution in [-0.2, 0) is 11.3 Å². The van der Waals surface area contributed by atoms with Crippen LogP contribution >= 0.6 is 0 Å². The average Bonchev–Trinajstić information content (AvgIpc) is 2.53. The van der Waals surface area contributed by atoms with Crippen molar-refractivity contribution in [1.82, 2.24) is 15.6 Å². The van der Waals surface area contributed by atoms with Crippen LogP contribution in [0.5, 0.6) is 0 Å². The van der Waals surface area contributed by atoms with Gasteiger partial charge in [-0.05, 0) is 12.1 Å². The smallest absolute Gasteiger partial charge is 0.317 e. The molecule has 0 unspecified atom stereocenters. The van der Waals surface area contributed by atoms with E-state index < -0.39 is 11.7 Å². The van der Waals surface area contributed by atoms with Gasteiger partial charge in [-0.1, -0.05) is 6.07 Å². The molecule has 0 aromatic heterocycles. The normalized spacial score (nSPS) is 14.7. The van der Waals surface area contributed by atoms with Crippen LogP contribution in [0.2, 0.25) is 0 Å². The maximum absolute atomic E-state index is 13.8. The second-order valence-corrected chi connectivity index (χ2v) is 4.54. The highest BCUT2D eigenvalue weighted by Crippen LogP contribution is 2.10. The van der Waals surface area contributed by atoms with Crippen LogP contribution in [0.4, 0.5) is 9.18 Å². The van der Waals surface area contributed by atoms with E-state index in [9.17, 15) is 14.0 Å². The molecule has 0 aliphatic carbocycles. The van der Waals surface area contributed by atoms with Crippen LogP contribution in [0.3, 0.4) is 0 Å². The van der Waals surface area contributed by atoms with Gasteiger partial charge < -0.3 is 15.0 Å². The quantitative estimate of drug-likeness (QED) is 0.414. The Hall–Kier alpha value is -2.19. The minimum Gasteiger partial charge on any atom is -0.378 e. The SMILES string of the molecule is NNC(=O)c1ccc(CNC(=O)N2CCOCC2)c(F)c1. The van der Waals surface area contributed by atoms with Crippen molar-refractivity contribution in [2.24, 2.45) is 5.84 Å². The van der Waals surface area contributed by atoms with Crippen molar-refractivity contribution in [2.45, 2.75) is 6.54 Å². The van der Waals surface area contributed by atoms with E-state index in [0.717, 1.165) is 6.07 Å². The van der Waals surface area contributed by atoms with Crippen molar-refractivity contribution >= 4 is 11.9 Å². The number of urea groups is 1. The van der Waals surface area contributed by atoms with Crippen LogP contribution in [0, 0.1) is 5.82 Å². The summed E-state index contributed by atoms with van der Waals surface area (Å²) in [6.45, 7) is 2.09. The van der Waals surface area contributed by atoms with Gasteiger partial charge >= 0.3 is 6.03 Å². The van der Waals surface area contributed by atoms with Crippen molar-refractivity contribution in [1.29, 1.82) is 0 Å². The van der Waals surface area contributed by atoms with Crippen molar-refractivity contribution < 1.29 is 18.7 Å². The third-order valence-electron chi connectivity index (χ3n) is 3.17. The molecule has 1 fully saturated rings. The number of morpholine rings is 1. The van der Waals surface area contributed by atoms with Gasteiger partial charge in [0.05, 0.1) is 13.2 Å². The number of nitrogens with two attached hydrogens (primary N) is 1. The van der Waals surface area contributed by atoms with Crippen molar-refractivity contribution in [2.75, 3.05) is 26.3 Å². The number of hydrazine groups is 1. The number of ether oxygens (including phenoxy) is 1. The van der Waals surface area contributed by atoms with Gasteiger partial charge in [0.2, 0.25) is 0 Å². The molecule has 1 saturated heterocycles. The lowest BCUT2D eigenvalue weighted by atomic mass is 10.1. The zero-order chi connectivity index (χ0) is 15.2. The Morgan fingerprint density at radius 2 is 2.05 bits per heavy atom. The molecular weight excluding hydrogens is 279 g/mol. The Morgan fingerprint density at radius 3 is 2.67 bits per heavy atom. The fraction of sp³-hybridized carbons (Fsp3) is 0.385. The van der Waals surface area contributed by atoms with Gasteiger partial charge in [0.15, 0.2) is 0 Å². The predicted molar refractivity (Wildman–Crippen MR) is 72.7 cm³/mol. The van der Waals surface area contributed by atoms with Crippen LogP contribution in [-0.4, -0.2) is 43.1 Å². The molecule has 1 heterocycles. The molecule has 1 aromatic rings. The molecule has 0 saturated carbocycles. The molecule has 1 aliphatic heterocycles. The summed E-state index contributed by atoms with van der Waals surface area (Å²) >= 11 is 0. The standard InChI is InChI=1S/C13H17FN4O3/c14-11-7-9(12(19)17-15)1-2-10(11)8-16-13(20)18-3-5-21-6-4-18/h1-2,7H,3-6,8,15H2,(H,16,20)(H,17,19). The number of halogens is 1. The Kier molecular flexibility index (Phi) is 5.07. The Labute approximate surface area is 121 Å². The fourth-order valence-corrected chi connectivity index (χ4v) is 1.96. The van der Waals surface area contributed by atoms with E-state index in [-0.39, 0.29) is 18.1 Å². The number of benzene rings is 1. The maximum Gasteiger partial charge on any atom is 0.317 e. The van der Waals surface area contributed by atoms with Gasteiger partial charge in [0.25, 0.3) is 5.91 Å². The Morgan fingerprint density at radius 1 is 1.33 bits per heavy atom. The first-order valence-electron chi connectivity index (χ1n) is 6.51. The van der Waals surface area contributed by atoms with Crippen LogP contribution < -0.4 is 16.6 Å². The molecule has 4 N–H and O–H groups in total. The molecule has 7 nitrogen and oxygen atoms in total. The molecule has 3 amide bonds. The lowest BCUT2D eigenvalue weighted by Crippen LogP contribution is -2.46. The number of carbonyl (C=O) groups excluding carboxylic acids is 2. The topological polar surface area (TPSA) is 96.7 Å². The van der Waals surface area contributed by atoms with Gasteiger partial charge in [-0.3, -0.25) is 10.2 Å². The monoisotopic (exact) mass is 296 g/mol. The van der Waals surface area contributed by atoms with Crippen LogP contribution in [0.15, 0.2) is 18.2 Å². The molecule has 8 heteroatoms. The maximum atomic E-state index is 13.8.